The van der Waals surface area contributed by atoms with E-state index in [0.29, 0.717) is 26.4 Å². The second-order valence-corrected chi connectivity index (χ2v) is 10.5. The number of carbonyl (C=O) groups is 1. The summed E-state index contributed by atoms with van der Waals surface area (Å²) >= 11 is 0. The summed E-state index contributed by atoms with van der Waals surface area (Å²) in [7, 11) is 1.68. The molecule has 2 bridgehead atoms. The normalized spacial score (nSPS) is 19.4. The molecule has 0 radical (unpaired) electrons. The molecule has 0 aliphatic carbocycles. The maximum absolute atomic E-state index is 13.8. The molecule has 2 aromatic carbocycles. The highest BCUT2D eigenvalue weighted by atomic mass is 16.6. The van der Waals surface area contributed by atoms with Gasteiger partial charge in [-0.15, -0.1) is 5.10 Å². The lowest BCUT2D eigenvalue weighted by Gasteiger charge is -2.41. The van der Waals surface area contributed by atoms with Crippen LogP contribution in [-0.2, 0) is 31.0 Å². The highest BCUT2D eigenvalue weighted by Gasteiger charge is 2.41. The van der Waals surface area contributed by atoms with Crippen LogP contribution in [0.1, 0.15) is 42.5 Å². The highest BCUT2D eigenvalue weighted by molar-refractivity contribution is 5.82. The van der Waals surface area contributed by atoms with Gasteiger partial charge in [0.1, 0.15) is 37.0 Å². The van der Waals surface area contributed by atoms with Crippen LogP contribution in [0.3, 0.4) is 0 Å². The van der Waals surface area contributed by atoms with Gasteiger partial charge < -0.3 is 24.3 Å². The predicted octanol–water partition coefficient (Wildman–Crippen LogP) is 3.33. The van der Waals surface area contributed by atoms with Crippen molar-refractivity contribution >= 4 is 5.91 Å². The number of hydrogen-bond acceptors (Lipinski definition) is 8. The second kappa shape index (κ2) is 11.1. The number of amides is 1. The zero-order valence-corrected chi connectivity index (χ0v) is 22.4. The van der Waals surface area contributed by atoms with Crippen LogP contribution in [0, 0.1) is 5.41 Å². The molecule has 0 saturated carbocycles. The van der Waals surface area contributed by atoms with Crippen LogP contribution in [-0.4, -0.2) is 59.2 Å². The summed E-state index contributed by atoms with van der Waals surface area (Å²) in [6.07, 6.45) is 5.15. The minimum Gasteiger partial charge on any atom is -0.496 e. The number of fused-ring (bicyclic) bond motifs is 4. The van der Waals surface area contributed by atoms with E-state index >= 15 is 0 Å². The summed E-state index contributed by atoms with van der Waals surface area (Å²) in [6, 6.07) is 11.8. The fourth-order valence-corrected chi connectivity index (χ4v) is 5.80. The van der Waals surface area contributed by atoms with Crippen LogP contribution >= 0.6 is 0 Å². The van der Waals surface area contributed by atoms with E-state index in [1.54, 1.807) is 7.11 Å². The molecule has 1 spiro atoms. The number of aromatic nitrogens is 3. The number of likely N-dealkylation sites (tertiary alicyclic amines) is 1. The lowest BCUT2D eigenvalue weighted by molar-refractivity contribution is -0.135. The van der Waals surface area contributed by atoms with Crippen LogP contribution in [0.2, 0.25) is 0 Å². The van der Waals surface area contributed by atoms with Gasteiger partial charge in [0.2, 0.25) is 5.91 Å². The number of piperidine rings is 1. The first kappa shape index (κ1) is 25.5. The lowest BCUT2D eigenvalue weighted by Crippen LogP contribution is -2.48. The third-order valence-electron chi connectivity index (χ3n) is 8.05. The SMILES string of the molecule is COc1cc2c(cc1CN1CCC3(CCCn4cc(nn4)COc4ccccc4CNC3=O)CC1)OCCO2. The molecule has 1 fully saturated rings. The first-order chi connectivity index (χ1) is 19.1. The minimum atomic E-state index is -0.434. The number of methoxy groups -OCH3 is 1. The molecule has 0 unspecified atom stereocenters. The molecular formula is C29H35N5O5. The fraction of sp³-hybridized carbons (Fsp3) is 0.483. The van der Waals surface area contributed by atoms with E-state index in [4.69, 9.17) is 18.9 Å². The van der Waals surface area contributed by atoms with Crippen molar-refractivity contribution in [1.29, 1.82) is 0 Å². The molecule has 1 aromatic heterocycles. The molecule has 1 amide bonds. The van der Waals surface area contributed by atoms with Gasteiger partial charge in [-0.05, 0) is 50.9 Å². The number of aryl methyl sites for hydroxylation is 1. The molecule has 10 nitrogen and oxygen atoms in total. The van der Waals surface area contributed by atoms with E-state index in [2.05, 4.69) is 20.5 Å². The van der Waals surface area contributed by atoms with Crippen LogP contribution < -0.4 is 24.3 Å². The summed E-state index contributed by atoms with van der Waals surface area (Å²) < 4.78 is 25.1. The second-order valence-electron chi connectivity index (χ2n) is 10.5. The topological polar surface area (TPSA) is 100.0 Å². The minimum absolute atomic E-state index is 0.116. The van der Waals surface area contributed by atoms with Crippen molar-refractivity contribution in [3.63, 3.8) is 0 Å². The molecule has 1 N–H and O–H groups in total. The van der Waals surface area contributed by atoms with Gasteiger partial charge in [0.05, 0.1) is 18.7 Å². The molecule has 6 rings (SSSR count). The van der Waals surface area contributed by atoms with Gasteiger partial charge in [-0.25, -0.2) is 0 Å². The Hall–Kier alpha value is -3.79. The summed E-state index contributed by atoms with van der Waals surface area (Å²) in [6.45, 7) is 4.95. The largest absolute Gasteiger partial charge is 0.496 e. The molecule has 206 valence electrons. The molecule has 3 aromatic rings. The maximum Gasteiger partial charge on any atom is 0.226 e. The van der Waals surface area contributed by atoms with Gasteiger partial charge >= 0.3 is 0 Å². The highest BCUT2D eigenvalue weighted by Crippen LogP contribution is 2.40. The third-order valence-corrected chi connectivity index (χ3v) is 8.05. The van der Waals surface area contributed by atoms with Crippen molar-refractivity contribution in [3.05, 3.63) is 59.4 Å². The fourth-order valence-electron chi connectivity index (χ4n) is 5.80. The average Bonchev–Trinajstić information content (AvgIpc) is 3.43. The van der Waals surface area contributed by atoms with Crippen molar-refractivity contribution in [1.82, 2.24) is 25.2 Å². The molecule has 3 aliphatic rings. The van der Waals surface area contributed by atoms with Gasteiger partial charge in [0, 0.05) is 36.8 Å². The quantitative estimate of drug-likeness (QED) is 0.547. The van der Waals surface area contributed by atoms with Gasteiger partial charge in [-0.2, -0.15) is 0 Å². The van der Waals surface area contributed by atoms with Crippen molar-refractivity contribution in [2.24, 2.45) is 5.41 Å². The monoisotopic (exact) mass is 533 g/mol. The summed E-state index contributed by atoms with van der Waals surface area (Å²) in [5.74, 6) is 3.15. The van der Waals surface area contributed by atoms with Crippen LogP contribution in [0.5, 0.6) is 23.0 Å². The van der Waals surface area contributed by atoms with Crippen molar-refractivity contribution in [3.8, 4) is 23.0 Å². The Kier molecular flexibility index (Phi) is 7.28. The molecule has 3 aliphatic heterocycles. The Bertz CT molecular complexity index is 1320. The molecule has 0 atom stereocenters. The van der Waals surface area contributed by atoms with E-state index < -0.39 is 5.41 Å². The average molecular weight is 534 g/mol. The number of nitrogens with one attached hydrogen (secondary N) is 1. The lowest BCUT2D eigenvalue weighted by atomic mass is 9.73. The number of hydrogen-bond donors (Lipinski definition) is 1. The summed E-state index contributed by atoms with van der Waals surface area (Å²) in [4.78, 5) is 16.2. The molecule has 39 heavy (non-hydrogen) atoms. The van der Waals surface area contributed by atoms with Gasteiger partial charge in [-0.3, -0.25) is 14.4 Å². The van der Waals surface area contributed by atoms with Gasteiger partial charge in [0.25, 0.3) is 0 Å². The van der Waals surface area contributed by atoms with Crippen LogP contribution in [0.15, 0.2) is 42.6 Å². The number of rotatable bonds is 3. The Morgan fingerprint density at radius 1 is 1.00 bits per heavy atom. The summed E-state index contributed by atoms with van der Waals surface area (Å²) in [5, 5.41) is 11.8. The zero-order valence-electron chi connectivity index (χ0n) is 22.4. The maximum atomic E-state index is 13.8. The third kappa shape index (κ3) is 5.52. The van der Waals surface area contributed by atoms with Crippen LogP contribution in [0.25, 0.3) is 0 Å². The van der Waals surface area contributed by atoms with Crippen molar-refractivity contribution in [2.75, 3.05) is 33.4 Å². The smallest absolute Gasteiger partial charge is 0.226 e. The van der Waals surface area contributed by atoms with Gasteiger partial charge in [-0.1, -0.05) is 23.4 Å². The number of benzene rings is 2. The van der Waals surface area contributed by atoms with Gasteiger partial charge in [0.15, 0.2) is 11.5 Å². The first-order valence-corrected chi connectivity index (χ1v) is 13.7. The van der Waals surface area contributed by atoms with E-state index in [1.165, 1.54) is 0 Å². The predicted molar refractivity (Wildman–Crippen MR) is 143 cm³/mol. The molecular weight excluding hydrogens is 498 g/mol. The Balaban J connectivity index is 1.18. The molecule has 1 saturated heterocycles. The van der Waals surface area contributed by atoms with E-state index in [0.717, 1.165) is 91.7 Å². The Morgan fingerprint density at radius 2 is 1.79 bits per heavy atom. The molecule has 10 heteroatoms. The molecule has 4 heterocycles. The van der Waals surface area contributed by atoms with Crippen LogP contribution in [0.4, 0.5) is 0 Å². The number of nitrogens with zero attached hydrogens (tertiary/aromatic N) is 4. The zero-order chi connectivity index (χ0) is 26.7. The standard InChI is InChI=1S/C29H35N5O5/c1-36-25-16-27-26(37-13-14-38-27)15-22(25)18-33-11-8-29(9-12-33)7-4-10-34-19-23(31-32-34)20-39-24-6-3-2-5-21(24)17-30-28(29)35/h2-3,5-6,15-16,19H,4,7-14,17-18,20H2,1H3,(H,30,35). The number of ether oxygens (including phenoxy) is 4. The Morgan fingerprint density at radius 3 is 2.62 bits per heavy atom. The Labute approximate surface area is 228 Å². The number of para-hydroxylation sites is 1. The van der Waals surface area contributed by atoms with Crippen molar-refractivity contribution in [2.45, 2.75) is 51.9 Å². The van der Waals surface area contributed by atoms with E-state index in [1.807, 2.05) is 47.3 Å². The van der Waals surface area contributed by atoms with E-state index in [9.17, 15) is 4.79 Å². The van der Waals surface area contributed by atoms with E-state index in [-0.39, 0.29) is 5.91 Å². The summed E-state index contributed by atoms with van der Waals surface area (Å²) in [5.41, 5.74) is 2.38. The first-order valence-electron chi connectivity index (χ1n) is 13.7. The number of carbonyl (C=O) groups excluding carboxylic acids is 1. The van der Waals surface area contributed by atoms with Crippen molar-refractivity contribution < 1.29 is 23.7 Å².